The van der Waals surface area contributed by atoms with E-state index in [4.69, 9.17) is 5.84 Å². The lowest BCUT2D eigenvalue weighted by Gasteiger charge is -2.07. The standard InChI is InChI=1S/C11H14F2N4/c12-8-1-4-10(13)7(5-8)6-15-11(17-14)16-9-2-3-9/h1,4-5,9H,2-3,6,14H2,(H2,15,16,17). The van der Waals surface area contributed by atoms with Crippen LogP contribution in [0.2, 0.25) is 0 Å². The van der Waals surface area contributed by atoms with Gasteiger partial charge in [0.15, 0.2) is 0 Å². The number of guanidine groups is 1. The van der Waals surface area contributed by atoms with E-state index in [2.05, 4.69) is 15.7 Å². The molecule has 0 aromatic heterocycles. The second-order valence-corrected chi connectivity index (χ2v) is 3.96. The van der Waals surface area contributed by atoms with Gasteiger partial charge in [0.25, 0.3) is 0 Å². The minimum absolute atomic E-state index is 0.0445. The predicted molar refractivity (Wildman–Crippen MR) is 61.0 cm³/mol. The Labute approximate surface area is 97.9 Å². The number of nitrogens with one attached hydrogen (secondary N) is 2. The van der Waals surface area contributed by atoms with Gasteiger partial charge in [-0.15, -0.1) is 0 Å². The third-order valence-electron chi connectivity index (χ3n) is 2.47. The number of halogens is 2. The van der Waals surface area contributed by atoms with Crippen LogP contribution < -0.4 is 16.6 Å². The van der Waals surface area contributed by atoms with Gasteiger partial charge in [-0.25, -0.2) is 19.6 Å². The largest absolute Gasteiger partial charge is 0.353 e. The summed E-state index contributed by atoms with van der Waals surface area (Å²) in [5.41, 5.74) is 2.60. The minimum Gasteiger partial charge on any atom is -0.353 e. The number of benzene rings is 1. The fourth-order valence-electron chi connectivity index (χ4n) is 1.38. The molecule has 1 aromatic rings. The number of aliphatic imine (C=N–C) groups is 1. The molecule has 0 heterocycles. The van der Waals surface area contributed by atoms with E-state index in [9.17, 15) is 8.78 Å². The van der Waals surface area contributed by atoms with Crippen molar-refractivity contribution in [2.75, 3.05) is 0 Å². The summed E-state index contributed by atoms with van der Waals surface area (Å²) in [5, 5.41) is 3.04. The molecule has 1 fully saturated rings. The van der Waals surface area contributed by atoms with Crippen LogP contribution in [0.25, 0.3) is 0 Å². The Morgan fingerprint density at radius 1 is 1.41 bits per heavy atom. The fourth-order valence-corrected chi connectivity index (χ4v) is 1.38. The van der Waals surface area contributed by atoms with E-state index < -0.39 is 11.6 Å². The highest BCUT2D eigenvalue weighted by molar-refractivity contribution is 5.79. The Hall–Kier alpha value is -1.69. The first-order chi connectivity index (χ1) is 8.19. The molecular formula is C11H14F2N4. The molecule has 0 spiro atoms. The summed E-state index contributed by atoms with van der Waals surface area (Å²) in [6, 6.07) is 3.68. The summed E-state index contributed by atoms with van der Waals surface area (Å²) in [5.74, 6) is 4.72. The van der Waals surface area contributed by atoms with Crippen LogP contribution in [0.3, 0.4) is 0 Å². The van der Waals surface area contributed by atoms with E-state index in [0.717, 1.165) is 31.0 Å². The molecule has 6 heteroatoms. The van der Waals surface area contributed by atoms with Gasteiger partial charge in [0.1, 0.15) is 11.6 Å². The third-order valence-corrected chi connectivity index (χ3v) is 2.47. The zero-order valence-corrected chi connectivity index (χ0v) is 9.21. The number of nitrogens with zero attached hydrogens (tertiary/aromatic N) is 1. The fraction of sp³-hybridized carbons (Fsp3) is 0.364. The maximum Gasteiger partial charge on any atom is 0.206 e. The third kappa shape index (κ3) is 3.39. The lowest BCUT2D eigenvalue weighted by atomic mass is 10.2. The predicted octanol–water partition coefficient (Wildman–Crippen LogP) is 1.04. The SMILES string of the molecule is NNC(=NCc1cc(F)ccc1F)NC1CC1. The van der Waals surface area contributed by atoms with Crippen LogP contribution >= 0.6 is 0 Å². The number of rotatable bonds is 3. The topological polar surface area (TPSA) is 62.4 Å². The van der Waals surface area contributed by atoms with Crippen LogP contribution in [-0.2, 0) is 6.54 Å². The second-order valence-electron chi connectivity index (χ2n) is 3.96. The van der Waals surface area contributed by atoms with Crippen LogP contribution in [0.4, 0.5) is 8.78 Å². The van der Waals surface area contributed by atoms with E-state index in [-0.39, 0.29) is 12.1 Å². The Morgan fingerprint density at radius 2 is 2.18 bits per heavy atom. The maximum atomic E-state index is 13.3. The molecule has 0 bridgehead atoms. The van der Waals surface area contributed by atoms with E-state index in [1.807, 2.05) is 0 Å². The van der Waals surface area contributed by atoms with Gasteiger partial charge in [0.2, 0.25) is 5.96 Å². The number of hydrazine groups is 1. The summed E-state index contributed by atoms with van der Waals surface area (Å²) in [6.07, 6.45) is 2.16. The molecule has 1 aromatic carbocycles. The summed E-state index contributed by atoms with van der Waals surface area (Å²) in [4.78, 5) is 4.06. The van der Waals surface area contributed by atoms with Crippen LogP contribution in [0, 0.1) is 11.6 Å². The van der Waals surface area contributed by atoms with Crippen molar-refractivity contribution in [2.24, 2.45) is 10.8 Å². The Bertz CT molecular complexity index is 429. The van der Waals surface area contributed by atoms with Crippen LogP contribution in [0.5, 0.6) is 0 Å². The molecule has 0 aliphatic heterocycles. The molecule has 0 unspecified atom stereocenters. The Balaban J connectivity index is 2.02. The number of nitrogens with two attached hydrogens (primary N) is 1. The normalized spacial score (nSPS) is 15.8. The molecule has 92 valence electrons. The summed E-state index contributed by atoms with van der Waals surface area (Å²) >= 11 is 0. The molecular weight excluding hydrogens is 226 g/mol. The molecule has 0 amide bonds. The van der Waals surface area contributed by atoms with Gasteiger partial charge >= 0.3 is 0 Å². The molecule has 1 aliphatic rings. The monoisotopic (exact) mass is 240 g/mol. The molecule has 4 N–H and O–H groups in total. The highest BCUT2D eigenvalue weighted by atomic mass is 19.1. The smallest absolute Gasteiger partial charge is 0.206 e. The Kier molecular flexibility index (Phi) is 3.53. The van der Waals surface area contributed by atoms with E-state index >= 15 is 0 Å². The van der Waals surface area contributed by atoms with Crippen LogP contribution in [-0.4, -0.2) is 12.0 Å². The molecule has 4 nitrogen and oxygen atoms in total. The van der Waals surface area contributed by atoms with Gasteiger partial charge in [-0.1, -0.05) is 0 Å². The highest BCUT2D eigenvalue weighted by Gasteiger charge is 2.21. The molecule has 0 radical (unpaired) electrons. The van der Waals surface area contributed by atoms with E-state index in [1.54, 1.807) is 0 Å². The molecule has 17 heavy (non-hydrogen) atoms. The van der Waals surface area contributed by atoms with Gasteiger partial charge in [0, 0.05) is 11.6 Å². The number of hydrogen-bond donors (Lipinski definition) is 3. The van der Waals surface area contributed by atoms with Crippen molar-refractivity contribution in [3.05, 3.63) is 35.4 Å². The van der Waals surface area contributed by atoms with Crippen molar-refractivity contribution >= 4 is 5.96 Å². The molecule has 1 aliphatic carbocycles. The quantitative estimate of drug-likeness (QED) is 0.320. The van der Waals surface area contributed by atoms with Crippen LogP contribution in [0.15, 0.2) is 23.2 Å². The summed E-state index contributed by atoms with van der Waals surface area (Å²) in [7, 11) is 0. The lowest BCUT2D eigenvalue weighted by molar-refractivity contribution is 0.585. The van der Waals surface area contributed by atoms with Gasteiger partial charge in [-0.2, -0.15) is 0 Å². The Morgan fingerprint density at radius 3 is 2.82 bits per heavy atom. The molecule has 1 saturated carbocycles. The first-order valence-electron chi connectivity index (χ1n) is 5.40. The molecule has 2 rings (SSSR count). The minimum atomic E-state index is -0.478. The van der Waals surface area contributed by atoms with Gasteiger partial charge in [-0.05, 0) is 31.0 Å². The van der Waals surface area contributed by atoms with Crippen LogP contribution in [0.1, 0.15) is 18.4 Å². The lowest BCUT2D eigenvalue weighted by Crippen LogP contribution is -2.42. The van der Waals surface area contributed by atoms with Crippen molar-refractivity contribution in [2.45, 2.75) is 25.4 Å². The van der Waals surface area contributed by atoms with E-state index in [0.29, 0.717) is 12.0 Å². The second kappa shape index (κ2) is 5.09. The first-order valence-corrected chi connectivity index (χ1v) is 5.40. The van der Waals surface area contributed by atoms with Crippen molar-refractivity contribution in [1.82, 2.24) is 10.7 Å². The molecule has 0 saturated heterocycles. The molecule has 0 atom stereocenters. The van der Waals surface area contributed by atoms with Crippen molar-refractivity contribution in [3.63, 3.8) is 0 Å². The summed E-state index contributed by atoms with van der Waals surface area (Å²) < 4.78 is 26.2. The van der Waals surface area contributed by atoms with Gasteiger partial charge in [0.05, 0.1) is 6.54 Å². The summed E-state index contributed by atoms with van der Waals surface area (Å²) in [6.45, 7) is 0.0445. The maximum absolute atomic E-state index is 13.3. The average Bonchev–Trinajstić information content (AvgIpc) is 3.12. The first kappa shape index (κ1) is 11.8. The van der Waals surface area contributed by atoms with Crippen molar-refractivity contribution in [1.29, 1.82) is 0 Å². The zero-order valence-electron chi connectivity index (χ0n) is 9.21. The van der Waals surface area contributed by atoms with Crippen molar-refractivity contribution < 1.29 is 8.78 Å². The average molecular weight is 240 g/mol. The van der Waals surface area contributed by atoms with Crippen molar-refractivity contribution in [3.8, 4) is 0 Å². The van der Waals surface area contributed by atoms with Gasteiger partial charge < -0.3 is 5.32 Å². The zero-order chi connectivity index (χ0) is 12.3. The van der Waals surface area contributed by atoms with E-state index in [1.165, 1.54) is 0 Å². The highest BCUT2D eigenvalue weighted by Crippen LogP contribution is 2.18. The number of hydrogen-bond acceptors (Lipinski definition) is 2. The van der Waals surface area contributed by atoms with Gasteiger partial charge in [-0.3, -0.25) is 5.43 Å².